The highest BCUT2D eigenvalue weighted by Gasteiger charge is 2.32. The average molecular weight is 416 g/mol. The first-order valence-electron chi connectivity index (χ1n) is 9.62. The first-order valence-corrected chi connectivity index (χ1v) is 11.3. The monoisotopic (exact) mass is 415 g/mol. The molecule has 0 bridgehead atoms. The van der Waals surface area contributed by atoms with E-state index in [4.69, 9.17) is 4.99 Å². The van der Waals surface area contributed by atoms with Crippen LogP contribution in [0.3, 0.4) is 0 Å². The number of fused-ring (bicyclic) bond motifs is 1. The van der Waals surface area contributed by atoms with E-state index in [9.17, 15) is 0 Å². The third-order valence-corrected chi connectivity index (χ3v) is 7.54. The van der Waals surface area contributed by atoms with Crippen LogP contribution in [-0.2, 0) is 6.54 Å². The second-order valence-corrected chi connectivity index (χ2v) is 9.06. The topological polar surface area (TPSA) is 18.8 Å². The molecule has 2 aliphatic rings. The van der Waals surface area contributed by atoms with Gasteiger partial charge in [-0.05, 0) is 29.8 Å². The maximum atomic E-state index is 4.99. The largest absolute Gasteiger partial charge is 0.337 e. The van der Waals surface area contributed by atoms with Gasteiger partial charge in [0.2, 0.25) is 0 Å². The van der Waals surface area contributed by atoms with Gasteiger partial charge in [-0.3, -0.25) is 4.99 Å². The maximum absolute atomic E-state index is 4.99. The Morgan fingerprint density at radius 2 is 1.52 bits per heavy atom. The van der Waals surface area contributed by atoms with E-state index in [1.165, 1.54) is 31.8 Å². The van der Waals surface area contributed by atoms with Gasteiger partial charge in [0.05, 0.1) is 23.8 Å². The highest BCUT2D eigenvalue weighted by atomic mass is 32.2. The van der Waals surface area contributed by atoms with Crippen molar-refractivity contribution in [3.63, 3.8) is 0 Å². The van der Waals surface area contributed by atoms with Crippen molar-refractivity contribution < 1.29 is 0 Å². The van der Waals surface area contributed by atoms with E-state index in [1.54, 1.807) is 11.8 Å². The number of benzene rings is 3. The molecule has 0 unspecified atom stereocenters. The summed E-state index contributed by atoms with van der Waals surface area (Å²) < 4.78 is 0. The molecule has 3 aromatic carbocycles. The highest BCUT2D eigenvalue weighted by molar-refractivity contribution is 8.18. The summed E-state index contributed by atoms with van der Waals surface area (Å²) in [7, 11) is 2.16. The lowest BCUT2D eigenvalue weighted by atomic mass is 10.2. The third-order valence-electron chi connectivity index (χ3n) is 5.03. The Morgan fingerprint density at radius 1 is 0.828 bits per heavy atom. The van der Waals surface area contributed by atoms with Crippen molar-refractivity contribution in [1.82, 2.24) is 0 Å². The molecule has 0 amide bonds. The molecule has 0 spiro atoms. The summed E-state index contributed by atoms with van der Waals surface area (Å²) in [6, 6.07) is 29.6. The number of rotatable bonds is 3. The van der Waals surface area contributed by atoms with Crippen LogP contribution in [-0.4, -0.2) is 18.8 Å². The zero-order chi connectivity index (χ0) is 19.6. The fourth-order valence-electron chi connectivity index (χ4n) is 3.54. The fraction of sp³-hybridized carbons (Fsp3) is 0.125. The van der Waals surface area contributed by atoms with Crippen LogP contribution in [0.5, 0.6) is 0 Å². The summed E-state index contributed by atoms with van der Waals surface area (Å²) in [6.45, 7) is 1.54. The summed E-state index contributed by atoms with van der Waals surface area (Å²) in [4.78, 5) is 12.3. The van der Waals surface area contributed by atoms with Gasteiger partial charge in [0.15, 0.2) is 5.17 Å². The molecule has 1 fully saturated rings. The quantitative estimate of drug-likeness (QED) is 0.506. The molecule has 0 aromatic heterocycles. The van der Waals surface area contributed by atoms with Gasteiger partial charge in [-0.2, -0.15) is 0 Å². The van der Waals surface area contributed by atoms with Crippen molar-refractivity contribution >= 4 is 40.1 Å². The van der Waals surface area contributed by atoms with Crippen LogP contribution in [0, 0.1) is 0 Å². The smallest absolute Gasteiger partial charge is 0.169 e. The second kappa shape index (κ2) is 8.01. The van der Waals surface area contributed by atoms with Crippen molar-refractivity contribution in [2.75, 3.05) is 23.4 Å². The van der Waals surface area contributed by atoms with Crippen molar-refractivity contribution in [3.8, 4) is 0 Å². The first-order chi connectivity index (χ1) is 14.3. The van der Waals surface area contributed by atoms with Crippen molar-refractivity contribution in [2.24, 2.45) is 4.99 Å². The minimum Gasteiger partial charge on any atom is -0.337 e. The van der Waals surface area contributed by atoms with E-state index < -0.39 is 0 Å². The van der Waals surface area contributed by atoms with Crippen molar-refractivity contribution in [3.05, 3.63) is 100 Å². The molecule has 2 aliphatic heterocycles. The molecule has 3 aromatic rings. The van der Waals surface area contributed by atoms with Gasteiger partial charge in [-0.1, -0.05) is 84.2 Å². The number of anilines is 2. The van der Waals surface area contributed by atoms with Gasteiger partial charge in [0, 0.05) is 22.5 Å². The zero-order valence-corrected chi connectivity index (χ0v) is 17.8. The lowest BCUT2D eigenvalue weighted by Crippen LogP contribution is -2.24. The Kier molecular flexibility index (Phi) is 5.08. The number of thioether (sulfide) groups is 2. The van der Waals surface area contributed by atoms with E-state index in [0.29, 0.717) is 6.54 Å². The minimum absolute atomic E-state index is 0.693. The number of nitrogens with zero attached hydrogens (tertiary/aromatic N) is 3. The predicted octanol–water partition coefficient (Wildman–Crippen LogP) is 6.21. The van der Waals surface area contributed by atoms with E-state index >= 15 is 0 Å². The lowest BCUT2D eigenvalue weighted by Gasteiger charge is -2.18. The second-order valence-electron chi connectivity index (χ2n) is 6.97. The average Bonchev–Trinajstić information content (AvgIpc) is 3.35. The van der Waals surface area contributed by atoms with Crippen LogP contribution in [0.25, 0.3) is 0 Å². The van der Waals surface area contributed by atoms with E-state index in [1.807, 2.05) is 17.8 Å². The summed E-state index contributed by atoms with van der Waals surface area (Å²) in [5.41, 5.74) is 3.70. The van der Waals surface area contributed by atoms with Crippen LogP contribution >= 0.6 is 23.5 Å². The fourth-order valence-corrected chi connectivity index (χ4v) is 5.91. The molecule has 5 heteroatoms. The van der Waals surface area contributed by atoms with E-state index in [-0.39, 0.29) is 0 Å². The summed E-state index contributed by atoms with van der Waals surface area (Å²) >= 11 is 3.66. The Labute approximate surface area is 180 Å². The van der Waals surface area contributed by atoms with Crippen molar-refractivity contribution in [2.45, 2.75) is 11.4 Å². The molecule has 0 radical (unpaired) electrons. The lowest BCUT2D eigenvalue weighted by molar-refractivity contribution is 1.04. The molecule has 0 N–H and O–H groups in total. The van der Waals surface area contributed by atoms with Gasteiger partial charge < -0.3 is 9.80 Å². The van der Waals surface area contributed by atoms with Crippen LogP contribution in [0.15, 0.2) is 105 Å². The third kappa shape index (κ3) is 3.68. The normalized spacial score (nSPS) is 19.8. The van der Waals surface area contributed by atoms with Crippen LogP contribution in [0.2, 0.25) is 0 Å². The Balaban J connectivity index is 1.49. The standard InChI is InChI=1S/C24H21N3S2/c1-26-20-14-8-9-15-21(20)28-23(26)22-17-27(19-12-6-3-7-13-19)24(29-22)25-16-18-10-4-2-5-11-18/h2-15H,16-17H2,1H3. The number of para-hydroxylation sites is 2. The SMILES string of the molecule is CN1C(=C2CN(c3ccccc3)C(=NCc3ccccc3)S2)Sc2ccccc21. The van der Waals surface area contributed by atoms with E-state index in [0.717, 1.165) is 11.7 Å². The number of amidine groups is 1. The molecule has 0 aliphatic carbocycles. The van der Waals surface area contributed by atoms with Gasteiger partial charge in [-0.15, -0.1) is 0 Å². The van der Waals surface area contributed by atoms with Gasteiger partial charge in [0.25, 0.3) is 0 Å². The van der Waals surface area contributed by atoms with Crippen LogP contribution in [0.4, 0.5) is 11.4 Å². The highest BCUT2D eigenvalue weighted by Crippen LogP contribution is 2.49. The molecule has 0 atom stereocenters. The zero-order valence-electron chi connectivity index (χ0n) is 16.2. The Bertz CT molecular complexity index is 1080. The summed E-state index contributed by atoms with van der Waals surface area (Å²) in [5, 5.41) is 2.37. The molecule has 0 saturated carbocycles. The minimum atomic E-state index is 0.693. The molecule has 1 saturated heterocycles. The Hall–Kier alpha value is -2.63. The van der Waals surface area contributed by atoms with Gasteiger partial charge >= 0.3 is 0 Å². The van der Waals surface area contributed by atoms with E-state index in [2.05, 4.69) is 95.7 Å². The van der Waals surface area contributed by atoms with Crippen LogP contribution < -0.4 is 9.80 Å². The summed E-state index contributed by atoms with van der Waals surface area (Å²) in [5.74, 6) is 0. The van der Waals surface area contributed by atoms with Crippen LogP contribution in [0.1, 0.15) is 5.56 Å². The van der Waals surface area contributed by atoms with Crippen molar-refractivity contribution in [1.29, 1.82) is 0 Å². The number of aliphatic imine (C=N–C) groups is 1. The maximum Gasteiger partial charge on any atom is 0.169 e. The molecule has 3 nitrogen and oxygen atoms in total. The number of hydrogen-bond donors (Lipinski definition) is 0. The molecule has 144 valence electrons. The first kappa shape index (κ1) is 18.4. The Morgan fingerprint density at radius 3 is 2.28 bits per heavy atom. The van der Waals surface area contributed by atoms with Gasteiger partial charge in [-0.25, -0.2) is 0 Å². The molecular formula is C24H21N3S2. The summed E-state index contributed by atoms with van der Waals surface area (Å²) in [6.07, 6.45) is 0. The number of hydrogen-bond acceptors (Lipinski definition) is 4. The molecule has 5 rings (SSSR count). The molecular weight excluding hydrogens is 394 g/mol. The molecule has 2 heterocycles. The predicted molar refractivity (Wildman–Crippen MR) is 127 cm³/mol. The van der Waals surface area contributed by atoms with Gasteiger partial charge in [0.1, 0.15) is 0 Å². The molecule has 29 heavy (non-hydrogen) atoms.